The van der Waals surface area contributed by atoms with Gasteiger partial charge in [0.05, 0.1) is 12.0 Å². The summed E-state index contributed by atoms with van der Waals surface area (Å²) in [6.45, 7) is 2.26. The Hall–Kier alpha value is -1.78. The molecule has 1 saturated carbocycles. The predicted octanol–water partition coefficient (Wildman–Crippen LogP) is 4.37. The summed E-state index contributed by atoms with van der Waals surface area (Å²) in [7, 11) is 1.45. The molecule has 2 unspecified atom stereocenters. The SMILES string of the molecule is CCC1CCCC(Nc2ccc(OC)c([N+](=O)[O-])c2)CC1. The van der Waals surface area contributed by atoms with Crippen LogP contribution in [0.5, 0.6) is 5.75 Å². The van der Waals surface area contributed by atoms with E-state index in [4.69, 9.17) is 4.74 Å². The number of nitro benzene ring substituents is 1. The highest BCUT2D eigenvalue weighted by Gasteiger charge is 2.20. The Labute approximate surface area is 125 Å². The first-order chi connectivity index (χ1) is 10.1. The predicted molar refractivity (Wildman–Crippen MR) is 83.9 cm³/mol. The second-order valence-corrected chi connectivity index (χ2v) is 5.77. The lowest BCUT2D eigenvalue weighted by atomic mass is 9.98. The molecule has 1 aromatic carbocycles. The van der Waals surface area contributed by atoms with Crippen LogP contribution in [0.15, 0.2) is 18.2 Å². The maximum Gasteiger partial charge on any atom is 0.312 e. The Morgan fingerprint density at radius 2 is 2.14 bits per heavy atom. The standard InChI is InChI=1S/C16H24N2O3/c1-3-12-5-4-6-13(8-7-12)17-14-9-10-16(21-2)15(11-14)18(19)20/h9-13,17H,3-8H2,1-2H3. The average molecular weight is 292 g/mol. The summed E-state index contributed by atoms with van der Waals surface area (Å²) in [6, 6.07) is 5.50. The number of nitrogens with one attached hydrogen (secondary N) is 1. The van der Waals surface area contributed by atoms with Gasteiger partial charge in [-0.1, -0.05) is 26.2 Å². The number of methoxy groups -OCH3 is 1. The molecule has 0 amide bonds. The summed E-state index contributed by atoms with van der Waals surface area (Å²) in [6.07, 6.45) is 7.30. The largest absolute Gasteiger partial charge is 0.490 e. The molecule has 0 aliphatic heterocycles. The molecule has 0 aromatic heterocycles. The molecule has 0 saturated heterocycles. The summed E-state index contributed by atoms with van der Waals surface area (Å²) in [5.41, 5.74) is 0.824. The summed E-state index contributed by atoms with van der Waals surface area (Å²) in [5.74, 6) is 1.14. The highest BCUT2D eigenvalue weighted by atomic mass is 16.6. The molecule has 21 heavy (non-hydrogen) atoms. The molecule has 5 nitrogen and oxygen atoms in total. The van der Waals surface area contributed by atoms with Crippen LogP contribution < -0.4 is 10.1 Å². The van der Waals surface area contributed by atoms with E-state index in [2.05, 4.69) is 12.2 Å². The minimum absolute atomic E-state index is 0.0163. The number of anilines is 1. The monoisotopic (exact) mass is 292 g/mol. The molecule has 1 aliphatic carbocycles. The van der Waals surface area contributed by atoms with Crippen LogP contribution in [0.1, 0.15) is 45.4 Å². The minimum Gasteiger partial charge on any atom is -0.490 e. The average Bonchev–Trinajstić information content (AvgIpc) is 2.72. The molecule has 1 N–H and O–H groups in total. The Bertz CT molecular complexity index is 490. The molecule has 0 heterocycles. The van der Waals surface area contributed by atoms with E-state index in [1.807, 2.05) is 6.07 Å². The van der Waals surface area contributed by atoms with Gasteiger partial charge in [-0.25, -0.2) is 0 Å². The zero-order valence-electron chi connectivity index (χ0n) is 12.8. The van der Waals surface area contributed by atoms with E-state index < -0.39 is 4.92 Å². The number of ether oxygens (including phenoxy) is 1. The fraction of sp³-hybridized carbons (Fsp3) is 0.625. The van der Waals surface area contributed by atoms with Crippen molar-refractivity contribution in [1.29, 1.82) is 0 Å². The topological polar surface area (TPSA) is 64.4 Å². The van der Waals surface area contributed by atoms with Crippen molar-refractivity contribution < 1.29 is 9.66 Å². The zero-order chi connectivity index (χ0) is 15.2. The molecule has 0 spiro atoms. The van der Waals surface area contributed by atoms with Crippen molar-refractivity contribution >= 4 is 11.4 Å². The normalized spacial score (nSPS) is 22.4. The van der Waals surface area contributed by atoms with Gasteiger partial charge in [0.2, 0.25) is 0 Å². The van der Waals surface area contributed by atoms with Crippen molar-refractivity contribution in [3.05, 3.63) is 28.3 Å². The van der Waals surface area contributed by atoms with E-state index in [1.54, 1.807) is 12.1 Å². The van der Waals surface area contributed by atoms with Crippen molar-refractivity contribution in [2.75, 3.05) is 12.4 Å². The number of hydrogen-bond acceptors (Lipinski definition) is 4. The van der Waals surface area contributed by atoms with Crippen LogP contribution in [-0.4, -0.2) is 18.1 Å². The lowest BCUT2D eigenvalue weighted by Crippen LogP contribution is -2.18. The van der Waals surface area contributed by atoms with Gasteiger partial charge in [-0.2, -0.15) is 0 Å². The van der Waals surface area contributed by atoms with E-state index in [0.29, 0.717) is 11.8 Å². The maximum atomic E-state index is 11.1. The summed E-state index contributed by atoms with van der Waals surface area (Å²) in [5, 5.41) is 14.5. The van der Waals surface area contributed by atoms with Crippen LogP contribution in [-0.2, 0) is 0 Å². The van der Waals surface area contributed by atoms with Crippen LogP contribution in [0.25, 0.3) is 0 Å². The second kappa shape index (κ2) is 7.29. The molecule has 1 aliphatic rings. The molecule has 0 radical (unpaired) electrons. The minimum atomic E-state index is -0.399. The van der Waals surface area contributed by atoms with E-state index in [0.717, 1.165) is 24.4 Å². The van der Waals surface area contributed by atoms with Gasteiger partial charge >= 0.3 is 5.69 Å². The first kappa shape index (κ1) is 15.6. The Balaban J connectivity index is 2.05. The first-order valence-electron chi connectivity index (χ1n) is 7.73. The van der Waals surface area contributed by atoms with Gasteiger partial charge in [-0.05, 0) is 37.3 Å². The van der Waals surface area contributed by atoms with E-state index in [-0.39, 0.29) is 5.69 Å². The number of nitrogens with zero attached hydrogens (tertiary/aromatic N) is 1. The van der Waals surface area contributed by atoms with Crippen LogP contribution in [0.4, 0.5) is 11.4 Å². The lowest BCUT2D eigenvalue weighted by Gasteiger charge is -2.18. The van der Waals surface area contributed by atoms with Crippen molar-refractivity contribution in [2.24, 2.45) is 5.92 Å². The van der Waals surface area contributed by atoms with Crippen molar-refractivity contribution in [3.63, 3.8) is 0 Å². The molecule has 2 atom stereocenters. The maximum absolute atomic E-state index is 11.1. The molecule has 2 rings (SSSR count). The Morgan fingerprint density at radius 1 is 1.33 bits per heavy atom. The number of benzene rings is 1. The third kappa shape index (κ3) is 4.09. The van der Waals surface area contributed by atoms with Gasteiger partial charge in [0, 0.05) is 17.8 Å². The number of hydrogen-bond donors (Lipinski definition) is 1. The van der Waals surface area contributed by atoms with Crippen LogP contribution >= 0.6 is 0 Å². The number of nitro groups is 1. The quantitative estimate of drug-likeness (QED) is 0.497. The molecule has 1 aromatic rings. The molecule has 116 valence electrons. The van der Waals surface area contributed by atoms with E-state index in [9.17, 15) is 10.1 Å². The highest BCUT2D eigenvalue weighted by molar-refractivity contribution is 5.58. The van der Waals surface area contributed by atoms with Crippen LogP contribution in [0.2, 0.25) is 0 Å². The van der Waals surface area contributed by atoms with E-state index >= 15 is 0 Å². The van der Waals surface area contributed by atoms with Gasteiger partial charge in [-0.15, -0.1) is 0 Å². The van der Waals surface area contributed by atoms with Crippen molar-refractivity contribution in [3.8, 4) is 5.75 Å². The molecule has 1 fully saturated rings. The molecular weight excluding hydrogens is 268 g/mol. The fourth-order valence-electron chi connectivity index (χ4n) is 3.09. The molecule has 5 heteroatoms. The van der Waals surface area contributed by atoms with Gasteiger partial charge in [0.25, 0.3) is 0 Å². The van der Waals surface area contributed by atoms with Gasteiger partial charge in [0.15, 0.2) is 5.75 Å². The van der Waals surface area contributed by atoms with Crippen LogP contribution in [0.3, 0.4) is 0 Å². The summed E-state index contributed by atoms with van der Waals surface area (Å²) >= 11 is 0. The fourth-order valence-corrected chi connectivity index (χ4v) is 3.09. The summed E-state index contributed by atoms with van der Waals surface area (Å²) in [4.78, 5) is 10.7. The van der Waals surface area contributed by atoms with E-state index in [1.165, 1.54) is 32.8 Å². The summed E-state index contributed by atoms with van der Waals surface area (Å²) < 4.78 is 5.03. The lowest BCUT2D eigenvalue weighted by molar-refractivity contribution is -0.385. The van der Waals surface area contributed by atoms with Gasteiger partial charge < -0.3 is 10.1 Å². The van der Waals surface area contributed by atoms with Crippen molar-refractivity contribution in [2.45, 2.75) is 51.5 Å². The Kier molecular flexibility index (Phi) is 5.42. The van der Waals surface area contributed by atoms with Crippen LogP contribution in [0, 0.1) is 16.0 Å². The highest BCUT2D eigenvalue weighted by Crippen LogP contribution is 2.32. The second-order valence-electron chi connectivity index (χ2n) is 5.77. The molecular formula is C16H24N2O3. The molecule has 0 bridgehead atoms. The third-order valence-electron chi connectivity index (χ3n) is 4.41. The smallest absolute Gasteiger partial charge is 0.312 e. The number of rotatable bonds is 5. The van der Waals surface area contributed by atoms with Gasteiger partial charge in [-0.3, -0.25) is 10.1 Å². The third-order valence-corrected chi connectivity index (χ3v) is 4.41. The zero-order valence-corrected chi connectivity index (χ0v) is 12.8. The van der Waals surface area contributed by atoms with Gasteiger partial charge in [0.1, 0.15) is 0 Å². The van der Waals surface area contributed by atoms with Crippen molar-refractivity contribution in [1.82, 2.24) is 0 Å². The first-order valence-corrected chi connectivity index (χ1v) is 7.73. The Morgan fingerprint density at radius 3 is 2.81 bits per heavy atom.